The molecule has 4 rings (SSSR count). The Morgan fingerprint density at radius 1 is 0.913 bits per heavy atom. The van der Waals surface area contributed by atoms with Gasteiger partial charge in [-0.1, -0.05) is 54.1 Å². The molecule has 0 spiro atoms. The molecule has 3 heteroatoms. The van der Waals surface area contributed by atoms with Crippen LogP contribution in [0.15, 0.2) is 54.6 Å². The summed E-state index contributed by atoms with van der Waals surface area (Å²) in [6, 6.07) is 18.1. The lowest BCUT2D eigenvalue weighted by molar-refractivity contribution is 0.111. The van der Waals surface area contributed by atoms with E-state index in [1.165, 1.54) is 11.3 Å². The van der Waals surface area contributed by atoms with Crippen molar-refractivity contribution in [2.75, 3.05) is 0 Å². The van der Waals surface area contributed by atoms with Gasteiger partial charge in [-0.05, 0) is 36.1 Å². The predicted octanol–water partition coefficient (Wildman–Crippen LogP) is 5.23. The highest BCUT2D eigenvalue weighted by Crippen LogP contribution is 2.42. The van der Waals surface area contributed by atoms with Crippen LogP contribution in [-0.4, -0.2) is 10.9 Å². The first-order chi connectivity index (χ1) is 11.3. The fourth-order valence-corrected chi connectivity index (χ4v) is 3.68. The second-order valence-electron chi connectivity index (χ2n) is 5.83. The zero-order valence-corrected chi connectivity index (χ0v) is 13.4. The van der Waals surface area contributed by atoms with Gasteiger partial charge in [-0.15, -0.1) is 0 Å². The Morgan fingerprint density at radius 3 is 2.30 bits per heavy atom. The van der Waals surface area contributed by atoms with Gasteiger partial charge >= 0.3 is 0 Å². The van der Waals surface area contributed by atoms with Gasteiger partial charge in [0.1, 0.15) is 0 Å². The van der Waals surface area contributed by atoms with Gasteiger partial charge in [-0.2, -0.15) is 0 Å². The van der Waals surface area contributed by atoms with E-state index in [4.69, 9.17) is 11.6 Å². The molecule has 0 fully saturated rings. The summed E-state index contributed by atoms with van der Waals surface area (Å²) < 4.78 is 2.18. The number of halogens is 1. The molecule has 23 heavy (non-hydrogen) atoms. The molecule has 0 radical (unpaired) electrons. The maximum atomic E-state index is 11.8. The number of hydrogen-bond acceptors (Lipinski definition) is 1. The number of fused-ring (bicyclic) bond motifs is 1. The van der Waals surface area contributed by atoms with Crippen molar-refractivity contribution in [2.45, 2.75) is 19.4 Å². The van der Waals surface area contributed by atoms with Crippen molar-refractivity contribution in [2.24, 2.45) is 0 Å². The zero-order valence-electron chi connectivity index (χ0n) is 12.6. The number of rotatable bonds is 3. The molecule has 3 aromatic rings. The summed E-state index contributed by atoms with van der Waals surface area (Å²) in [6.45, 7) is 0.914. The van der Waals surface area contributed by atoms with Gasteiger partial charge in [0.15, 0.2) is 6.29 Å². The predicted molar refractivity (Wildman–Crippen MR) is 94.0 cm³/mol. The average molecular weight is 322 g/mol. The van der Waals surface area contributed by atoms with E-state index in [2.05, 4.69) is 16.7 Å². The van der Waals surface area contributed by atoms with Crippen LogP contribution in [0.5, 0.6) is 0 Å². The van der Waals surface area contributed by atoms with Crippen molar-refractivity contribution >= 4 is 17.9 Å². The van der Waals surface area contributed by atoms with Crippen molar-refractivity contribution < 1.29 is 4.79 Å². The molecule has 1 aliphatic heterocycles. The van der Waals surface area contributed by atoms with Crippen LogP contribution in [0.1, 0.15) is 22.6 Å². The van der Waals surface area contributed by atoms with Gasteiger partial charge in [0.25, 0.3) is 0 Å². The Labute approximate surface area is 140 Å². The van der Waals surface area contributed by atoms with Gasteiger partial charge in [0, 0.05) is 28.4 Å². The molecule has 0 saturated carbocycles. The zero-order chi connectivity index (χ0) is 15.8. The van der Waals surface area contributed by atoms with E-state index < -0.39 is 0 Å². The van der Waals surface area contributed by atoms with Crippen LogP contribution in [0.4, 0.5) is 0 Å². The summed E-state index contributed by atoms with van der Waals surface area (Å²) in [5.41, 5.74) is 6.46. The minimum absolute atomic E-state index is 0.703. The van der Waals surface area contributed by atoms with E-state index in [9.17, 15) is 4.79 Å². The van der Waals surface area contributed by atoms with E-state index >= 15 is 0 Å². The molecule has 0 unspecified atom stereocenters. The number of aldehydes is 1. The molecular weight excluding hydrogens is 306 g/mol. The monoisotopic (exact) mass is 321 g/mol. The topological polar surface area (TPSA) is 22.0 Å². The van der Waals surface area contributed by atoms with E-state index in [0.29, 0.717) is 5.02 Å². The van der Waals surface area contributed by atoms with Crippen LogP contribution in [0.25, 0.3) is 22.3 Å². The van der Waals surface area contributed by atoms with E-state index in [0.717, 1.165) is 48.1 Å². The lowest BCUT2D eigenvalue weighted by atomic mass is 9.94. The normalized spacial score (nSPS) is 13.1. The van der Waals surface area contributed by atoms with Gasteiger partial charge in [-0.25, -0.2) is 0 Å². The quantitative estimate of drug-likeness (QED) is 0.605. The summed E-state index contributed by atoms with van der Waals surface area (Å²) >= 11 is 6.03. The number of hydrogen-bond donors (Lipinski definition) is 0. The minimum atomic E-state index is 0.703. The third-order valence-electron chi connectivity index (χ3n) is 4.51. The first-order valence-electron chi connectivity index (χ1n) is 7.81. The molecule has 0 amide bonds. The molecule has 2 heterocycles. The molecule has 1 aliphatic rings. The molecule has 0 saturated heterocycles. The van der Waals surface area contributed by atoms with Crippen molar-refractivity contribution in [3.05, 3.63) is 71.0 Å². The Kier molecular flexibility index (Phi) is 3.55. The first-order valence-corrected chi connectivity index (χ1v) is 8.19. The molecule has 1 aromatic heterocycles. The second kappa shape index (κ2) is 5.71. The van der Waals surface area contributed by atoms with Crippen molar-refractivity contribution in [3.8, 4) is 22.3 Å². The van der Waals surface area contributed by atoms with Crippen molar-refractivity contribution in [1.82, 2.24) is 4.57 Å². The highest BCUT2D eigenvalue weighted by atomic mass is 35.5. The molecule has 0 N–H and O–H groups in total. The van der Waals surface area contributed by atoms with Crippen molar-refractivity contribution in [1.29, 1.82) is 0 Å². The maximum Gasteiger partial charge on any atom is 0.167 e. The molecular formula is C20H16ClNO. The third kappa shape index (κ3) is 2.30. The number of benzene rings is 2. The van der Waals surface area contributed by atoms with E-state index in [1.54, 1.807) is 0 Å². The summed E-state index contributed by atoms with van der Waals surface area (Å²) in [5.74, 6) is 0. The summed E-state index contributed by atoms with van der Waals surface area (Å²) in [6.07, 6.45) is 3.10. The first kappa shape index (κ1) is 14.3. The van der Waals surface area contributed by atoms with Gasteiger partial charge in [0.05, 0.1) is 5.69 Å². The molecule has 0 atom stereocenters. The highest BCUT2D eigenvalue weighted by molar-refractivity contribution is 6.30. The van der Waals surface area contributed by atoms with Crippen LogP contribution in [0, 0.1) is 0 Å². The van der Waals surface area contributed by atoms with Gasteiger partial charge in [-0.3, -0.25) is 4.79 Å². The number of carbonyl (C=O) groups excluding carboxylic acids is 1. The van der Waals surface area contributed by atoms with Crippen LogP contribution in [0.3, 0.4) is 0 Å². The molecule has 2 nitrogen and oxygen atoms in total. The van der Waals surface area contributed by atoms with Crippen LogP contribution in [0.2, 0.25) is 5.02 Å². The van der Waals surface area contributed by atoms with Gasteiger partial charge in [0.2, 0.25) is 0 Å². The molecule has 0 bridgehead atoms. The smallest absolute Gasteiger partial charge is 0.167 e. The fourth-order valence-electron chi connectivity index (χ4n) is 3.55. The second-order valence-corrected chi connectivity index (χ2v) is 6.26. The molecule has 114 valence electrons. The standard InChI is InChI=1S/C20H16ClNO/c21-16-10-8-15(9-11-16)20-18(13-23)22-12-4-7-17(22)19(20)14-5-2-1-3-6-14/h1-3,5-6,8-11,13H,4,7,12H2. The Balaban J connectivity index is 2.04. The minimum Gasteiger partial charge on any atom is -0.341 e. The van der Waals surface area contributed by atoms with Crippen LogP contribution < -0.4 is 0 Å². The highest BCUT2D eigenvalue weighted by Gasteiger charge is 2.27. The Morgan fingerprint density at radius 2 is 1.61 bits per heavy atom. The molecule has 2 aromatic carbocycles. The summed E-state index contributed by atoms with van der Waals surface area (Å²) in [4.78, 5) is 11.8. The average Bonchev–Trinajstić information content (AvgIpc) is 3.16. The SMILES string of the molecule is O=Cc1c(-c2ccc(Cl)cc2)c(-c2ccccc2)c2n1CCC2. The lowest BCUT2D eigenvalue weighted by Gasteiger charge is -2.08. The number of aromatic nitrogens is 1. The van der Waals surface area contributed by atoms with Gasteiger partial charge < -0.3 is 4.57 Å². The summed E-state index contributed by atoms with van der Waals surface area (Å²) in [7, 11) is 0. The fraction of sp³-hybridized carbons (Fsp3) is 0.150. The Hall–Kier alpha value is -2.32. The van der Waals surface area contributed by atoms with Crippen LogP contribution >= 0.6 is 11.6 Å². The van der Waals surface area contributed by atoms with E-state index in [-0.39, 0.29) is 0 Å². The lowest BCUT2D eigenvalue weighted by Crippen LogP contribution is -1.98. The molecule has 0 aliphatic carbocycles. The van der Waals surface area contributed by atoms with Crippen molar-refractivity contribution in [3.63, 3.8) is 0 Å². The third-order valence-corrected chi connectivity index (χ3v) is 4.77. The van der Waals surface area contributed by atoms with Crippen LogP contribution in [-0.2, 0) is 13.0 Å². The number of nitrogens with zero attached hydrogens (tertiary/aromatic N) is 1. The maximum absolute atomic E-state index is 11.8. The Bertz CT molecular complexity index is 863. The summed E-state index contributed by atoms with van der Waals surface area (Å²) in [5, 5.41) is 0.703. The number of carbonyl (C=O) groups is 1. The van der Waals surface area contributed by atoms with E-state index in [1.807, 2.05) is 42.5 Å². The largest absolute Gasteiger partial charge is 0.341 e.